The summed E-state index contributed by atoms with van der Waals surface area (Å²) < 4.78 is 52.2. The van der Waals surface area contributed by atoms with Gasteiger partial charge >= 0.3 is 6.18 Å². The molecule has 0 spiro atoms. The molecule has 0 bridgehead atoms. The average Bonchev–Trinajstić information content (AvgIpc) is 2.89. The van der Waals surface area contributed by atoms with Crippen molar-refractivity contribution in [1.29, 1.82) is 0 Å². The predicted octanol–water partition coefficient (Wildman–Crippen LogP) is 1.87. The first kappa shape index (κ1) is 18.4. The first-order valence-electron chi connectivity index (χ1n) is 7.46. The highest BCUT2D eigenvalue weighted by molar-refractivity contribution is 5.76. The molecule has 0 aliphatic carbocycles. The third-order valence-electron chi connectivity index (χ3n) is 3.99. The maximum Gasteiger partial charge on any atom is 0.451 e. The van der Waals surface area contributed by atoms with Gasteiger partial charge in [0.1, 0.15) is 0 Å². The van der Waals surface area contributed by atoms with Crippen LogP contribution in [0.5, 0.6) is 0 Å². The van der Waals surface area contributed by atoms with Crippen LogP contribution in [0.15, 0.2) is 12.4 Å². The fraction of sp³-hybridized carbons (Fsp3) is 0.643. The molecule has 1 aromatic rings. The Morgan fingerprint density at radius 2 is 2.04 bits per heavy atom. The highest BCUT2D eigenvalue weighted by atomic mass is 19.4. The summed E-state index contributed by atoms with van der Waals surface area (Å²) in [5, 5.41) is 6.67. The Labute approximate surface area is 136 Å². The molecule has 24 heavy (non-hydrogen) atoms. The van der Waals surface area contributed by atoms with Crippen LogP contribution in [0.2, 0.25) is 0 Å². The van der Waals surface area contributed by atoms with Crippen molar-refractivity contribution in [1.82, 2.24) is 19.7 Å². The van der Waals surface area contributed by atoms with Crippen molar-refractivity contribution in [3.05, 3.63) is 24.1 Å². The molecule has 1 aromatic heterocycles. The van der Waals surface area contributed by atoms with E-state index in [1.807, 2.05) is 0 Å². The number of nitrogens with zero attached hydrogens (tertiary/aromatic N) is 4. The fourth-order valence-corrected chi connectivity index (χ4v) is 2.60. The molecular weight excluding hydrogens is 330 g/mol. The van der Waals surface area contributed by atoms with Crippen molar-refractivity contribution in [3.8, 4) is 0 Å². The van der Waals surface area contributed by atoms with Gasteiger partial charge in [0.05, 0.1) is 12.4 Å². The van der Waals surface area contributed by atoms with Gasteiger partial charge in [-0.05, 0) is 6.42 Å². The number of amides is 1. The summed E-state index contributed by atoms with van der Waals surface area (Å²) in [5.41, 5.74) is 5.84. The summed E-state index contributed by atoms with van der Waals surface area (Å²) in [4.78, 5) is 13.6. The molecule has 1 amide bonds. The number of carbonyl (C=O) groups excluding carboxylic acids is 1. The number of allylic oxidation sites excluding steroid dienone is 1. The Kier molecular flexibility index (Phi) is 5.26. The quantitative estimate of drug-likeness (QED) is 0.824. The molecule has 1 aliphatic rings. The second-order valence-corrected chi connectivity index (χ2v) is 5.95. The first-order valence-corrected chi connectivity index (χ1v) is 7.46. The van der Waals surface area contributed by atoms with Crippen molar-refractivity contribution in [2.75, 3.05) is 6.54 Å². The fourth-order valence-electron chi connectivity index (χ4n) is 2.60. The van der Waals surface area contributed by atoms with E-state index in [2.05, 4.69) is 16.8 Å². The molecule has 2 unspecified atom stereocenters. The maximum absolute atomic E-state index is 13.0. The molecule has 0 radical (unpaired) electrons. The lowest BCUT2D eigenvalue weighted by atomic mass is 9.99. The van der Waals surface area contributed by atoms with Crippen molar-refractivity contribution < 1.29 is 22.4 Å². The van der Waals surface area contributed by atoms with E-state index in [9.17, 15) is 22.4 Å². The zero-order chi connectivity index (χ0) is 18.1. The van der Waals surface area contributed by atoms with Gasteiger partial charge in [0.15, 0.2) is 5.82 Å². The molecular formula is C14H19F4N5O. The summed E-state index contributed by atoms with van der Waals surface area (Å²) in [6.07, 6.45) is -4.33. The van der Waals surface area contributed by atoms with E-state index in [0.29, 0.717) is 0 Å². The first-order chi connectivity index (χ1) is 11.1. The van der Waals surface area contributed by atoms with E-state index >= 15 is 0 Å². The lowest BCUT2D eigenvalue weighted by Crippen LogP contribution is -2.41. The second-order valence-electron chi connectivity index (χ2n) is 5.95. The molecule has 6 nitrogen and oxygen atoms in total. The highest BCUT2D eigenvalue weighted by Crippen LogP contribution is 2.29. The molecule has 2 atom stereocenters. The molecule has 0 aromatic carbocycles. The minimum Gasteiger partial charge on any atom is -0.333 e. The van der Waals surface area contributed by atoms with Crippen LogP contribution in [0.1, 0.15) is 31.4 Å². The number of hydrogen-bond acceptors (Lipinski definition) is 4. The zero-order valence-electron chi connectivity index (χ0n) is 13.2. The Hall–Kier alpha value is -1.97. The third-order valence-corrected chi connectivity index (χ3v) is 3.99. The van der Waals surface area contributed by atoms with Crippen molar-refractivity contribution in [3.63, 3.8) is 0 Å². The van der Waals surface area contributed by atoms with Gasteiger partial charge in [0.2, 0.25) is 11.7 Å². The summed E-state index contributed by atoms with van der Waals surface area (Å²) in [7, 11) is 0. The Balaban J connectivity index is 1.97. The Morgan fingerprint density at radius 3 is 2.62 bits per heavy atom. The van der Waals surface area contributed by atoms with Crippen LogP contribution in [-0.4, -0.2) is 38.2 Å². The van der Waals surface area contributed by atoms with Crippen molar-refractivity contribution >= 4 is 5.91 Å². The van der Waals surface area contributed by atoms with Gasteiger partial charge in [0.25, 0.3) is 0 Å². The van der Waals surface area contributed by atoms with E-state index in [1.165, 1.54) is 4.90 Å². The van der Waals surface area contributed by atoms with Gasteiger partial charge in [0, 0.05) is 31.5 Å². The van der Waals surface area contributed by atoms with E-state index in [0.717, 1.165) is 4.57 Å². The lowest BCUT2D eigenvalue weighted by Gasteiger charge is -2.29. The van der Waals surface area contributed by atoms with E-state index < -0.39 is 29.8 Å². The van der Waals surface area contributed by atoms with Gasteiger partial charge in [-0.25, -0.2) is 4.39 Å². The van der Waals surface area contributed by atoms with Gasteiger partial charge in [-0.3, -0.25) is 4.79 Å². The minimum absolute atomic E-state index is 0.0160. The van der Waals surface area contributed by atoms with Crippen LogP contribution >= 0.6 is 0 Å². The standard InChI is InChI=1S/C14H19F4N5O/c1-8(9(2)15)5-10(19)6-12(24)22-3-4-23-11(7-22)20-21-13(23)14(16,17)18/h8,10H,2-7,19H2,1H3. The summed E-state index contributed by atoms with van der Waals surface area (Å²) in [5.74, 6) is -2.23. The van der Waals surface area contributed by atoms with E-state index in [4.69, 9.17) is 5.73 Å². The SMILES string of the molecule is C=C(F)C(C)CC(N)CC(=O)N1CCn2c(nnc2C(F)(F)F)C1. The number of alkyl halides is 3. The van der Waals surface area contributed by atoms with Crippen LogP contribution in [0.4, 0.5) is 17.6 Å². The minimum atomic E-state index is -4.58. The highest BCUT2D eigenvalue weighted by Gasteiger charge is 2.39. The van der Waals surface area contributed by atoms with Crippen LogP contribution < -0.4 is 5.73 Å². The zero-order valence-corrected chi connectivity index (χ0v) is 13.2. The number of aromatic nitrogens is 3. The van der Waals surface area contributed by atoms with Crippen molar-refractivity contribution in [2.24, 2.45) is 11.7 Å². The topological polar surface area (TPSA) is 77.0 Å². The second kappa shape index (κ2) is 6.88. The van der Waals surface area contributed by atoms with Crippen LogP contribution in [0, 0.1) is 5.92 Å². The number of halogens is 4. The van der Waals surface area contributed by atoms with Gasteiger partial charge in [-0.15, -0.1) is 10.2 Å². The summed E-state index contributed by atoms with van der Waals surface area (Å²) in [6, 6.07) is -0.550. The van der Waals surface area contributed by atoms with E-state index in [1.54, 1.807) is 6.92 Å². The maximum atomic E-state index is 13.0. The number of rotatable bonds is 5. The molecule has 0 saturated carbocycles. The molecule has 2 rings (SSSR count). The number of fused-ring (bicyclic) bond motifs is 1. The normalized spacial score (nSPS) is 17.3. The van der Waals surface area contributed by atoms with Crippen molar-refractivity contribution in [2.45, 2.75) is 45.1 Å². The molecule has 1 aliphatic heterocycles. The third kappa shape index (κ3) is 4.11. The van der Waals surface area contributed by atoms with Crippen LogP contribution in [0.25, 0.3) is 0 Å². The Bertz CT molecular complexity index is 627. The largest absolute Gasteiger partial charge is 0.451 e. The average molecular weight is 349 g/mol. The molecule has 0 fully saturated rings. The van der Waals surface area contributed by atoms with E-state index in [-0.39, 0.29) is 44.2 Å². The smallest absolute Gasteiger partial charge is 0.333 e. The number of carbonyl (C=O) groups is 1. The summed E-state index contributed by atoms with van der Waals surface area (Å²) >= 11 is 0. The van der Waals surface area contributed by atoms with Gasteiger partial charge in [-0.1, -0.05) is 13.5 Å². The molecule has 10 heteroatoms. The number of nitrogens with two attached hydrogens (primary N) is 1. The monoisotopic (exact) mass is 349 g/mol. The molecule has 0 saturated heterocycles. The van der Waals surface area contributed by atoms with Crippen LogP contribution in [-0.2, 0) is 24.1 Å². The van der Waals surface area contributed by atoms with Gasteiger partial charge < -0.3 is 15.2 Å². The molecule has 134 valence electrons. The van der Waals surface area contributed by atoms with Gasteiger partial charge in [-0.2, -0.15) is 13.2 Å². The van der Waals surface area contributed by atoms with Crippen LogP contribution in [0.3, 0.4) is 0 Å². The Morgan fingerprint density at radius 1 is 1.38 bits per heavy atom. The molecule has 2 N–H and O–H groups in total. The lowest BCUT2D eigenvalue weighted by molar-refractivity contribution is -0.148. The molecule has 2 heterocycles. The number of hydrogen-bond donors (Lipinski definition) is 1. The predicted molar refractivity (Wildman–Crippen MR) is 77.1 cm³/mol. The summed E-state index contributed by atoms with van der Waals surface area (Å²) in [6.45, 7) is 4.85.